The van der Waals surface area contributed by atoms with E-state index in [0.717, 1.165) is 21.8 Å². The van der Waals surface area contributed by atoms with Gasteiger partial charge in [0.2, 0.25) is 0 Å². The lowest BCUT2D eigenvalue weighted by atomic mass is 10.1. The van der Waals surface area contributed by atoms with E-state index in [1.165, 1.54) is 19.3 Å². The highest BCUT2D eigenvalue weighted by Gasteiger charge is 2.18. The molecule has 5 heteroatoms. The number of halogens is 1. The van der Waals surface area contributed by atoms with Gasteiger partial charge in [0, 0.05) is 24.0 Å². The quantitative estimate of drug-likeness (QED) is 0.796. The number of piperidine rings is 1. The van der Waals surface area contributed by atoms with Crippen LogP contribution in [0.4, 0.5) is 5.88 Å². The molecule has 1 aliphatic heterocycles. The van der Waals surface area contributed by atoms with Gasteiger partial charge in [-0.05, 0) is 42.1 Å². The number of hydrogen-bond donors (Lipinski definition) is 0. The van der Waals surface area contributed by atoms with Gasteiger partial charge in [-0.15, -0.1) is 11.3 Å². The summed E-state index contributed by atoms with van der Waals surface area (Å²) in [6, 6.07) is 1.64. The average Bonchev–Trinajstić information content (AvgIpc) is 2.66. The Morgan fingerprint density at radius 2 is 2.06 bits per heavy atom. The largest absolute Gasteiger partial charge is 0.438 e. The molecular weight excluding hydrogens is 314 g/mol. The van der Waals surface area contributed by atoms with Crippen LogP contribution in [0.15, 0.2) is 19.1 Å². The van der Waals surface area contributed by atoms with Crippen LogP contribution < -0.4 is 10.3 Å². The summed E-state index contributed by atoms with van der Waals surface area (Å²) in [6.45, 7) is 3.92. The molecule has 96 valence electrons. The second-order valence-corrected chi connectivity index (χ2v) is 7.18. The Kier molecular flexibility index (Phi) is 3.20. The molecule has 2 aromatic rings. The zero-order valence-corrected chi connectivity index (χ0v) is 12.6. The smallest absolute Gasteiger partial charge is 0.200 e. The van der Waals surface area contributed by atoms with Crippen molar-refractivity contribution in [3.8, 4) is 0 Å². The van der Waals surface area contributed by atoms with Crippen LogP contribution in [0, 0.1) is 6.92 Å². The maximum Gasteiger partial charge on any atom is 0.200 e. The third-order valence-electron chi connectivity index (χ3n) is 3.38. The highest BCUT2D eigenvalue weighted by atomic mass is 79.9. The summed E-state index contributed by atoms with van der Waals surface area (Å²) >= 11 is 5.03. The number of fused-ring (bicyclic) bond motifs is 1. The van der Waals surface area contributed by atoms with Crippen molar-refractivity contribution in [3.05, 3.63) is 25.0 Å². The summed E-state index contributed by atoms with van der Waals surface area (Å²) in [5, 5.41) is 0.715. The van der Waals surface area contributed by atoms with Crippen molar-refractivity contribution in [2.75, 3.05) is 18.0 Å². The SMILES string of the molecule is Cc1sc(Br)c2oc(N3CCCCC3)cc(=O)c12. The van der Waals surface area contributed by atoms with Crippen molar-refractivity contribution >= 4 is 44.1 Å². The predicted molar refractivity (Wildman–Crippen MR) is 78.9 cm³/mol. The fourth-order valence-electron chi connectivity index (χ4n) is 2.45. The maximum atomic E-state index is 12.2. The van der Waals surface area contributed by atoms with E-state index in [9.17, 15) is 4.79 Å². The number of nitrogens with zero attached hydrogens (tertiary/aromatic N) is 1. The van der Waals surface area contributed by atoms with Crippen molar-refractivity contribution < 1.29 is 4.42 Å². The number of rotatable bonds is 1. The molecule has 1 saturated heterocycles. The minimum absolute atomic E-state index is 0.0660. The molecule has 2 aromatic heterocycles. The van der Waals surface area contributed by atoms with Crippen LogP contribution in [0.3, 0.4) is 0 Å². The molecule has 1 fully saturated rings. The van der Waals surface area contributed by atoms with Crippen LogP contribution in [0.5, 0.6) is 0 Å². The van der Waals surface area contributed by atoms with Gasteiger partial charge >= 0.3 is 0 Å². The topological polar surface area (TPSA) is 33.5 Å². The van der Waals surface area contributed by atoms with E-state index in [1.54, 1.807) is 17.4 Å². The zero-order valence-electron chi connectivity index (χ0n) is 10.2. The van der Waals surface area contributed by atoms with Gasteiger partial charge < -0.3 is 9.32 Å². The van der Waals surface area contributed by atoms with E-state index in [1.807, 2.05) is 6.92 Å². The minimum Gasteiger partial charge on any atom is -0.438 e. The van der Waals surface area contributed by atoms with E-state index in [4.69, 9.17) is 4.42 Å². The summed E-state index contributed by atoms with van der Waals surface area (Å²) in [5.41, 5.74) is 0.766. The van der Waals surface area contributed by atoms with Gasteiger partial charge in [0.15, 0.2) is 16.9 Å². The van der Waals surface area contributed by atoms with E-state index in [0.29, 0.717) is 16.9 Å². The summed E-state index contributed by atoms with van der Waals surface area (Å²) in [5.74, 6) is 0.714. The molecule has 3 heterocycles. The fourth-order valence-corrected chi connectivity index (χ4v) is 4.26. The molecule has 18 heavy (non-hydrogen) atoms. The molecule has 0 radical (unpaired) electrons. The number of hydrogen-bond acceptors (Lipinski definition) is 4. The molecule has 0 unspecified atom stereocenters. The first-order valence-electron chi connectivity index (χ1n) is 6.14. The van der Waals surface area contributed by atoms with Crippen molar-refractivity contribution in [2.24, 2.45) is 0 Å². The summed E-state index contributed by atoms with van der Waals surface area (Å²) < 4.78 is 6.83. The van der Waals surface area contributed by atoms with Gasteiger partial charge in [0.05, 0.1) is 5.39 Å². The average molecular weight is 328 g/mol. The standard InChI is InChI=1S/C13H14BrNO2S/c1-8-11-9(16)7-10(15-5-3-2-4-6-15)17-12(11)13(14)18-8/h7H,2-6H2,1H3. The molecule has 0 saturated carbocycles. The summed E-state index contributed by atoms with van der Waals surface area (Å²) in [4.78, 5) is 15.4. The lowest BCUT2D eigenvalue weighted by Gasteiger charge is -2.26. The molecule has 0 amide bonds. The zero-order chi connectivity index (χ0) is 12.7. The predicted octanol–water partition coefficient (Wildman–Crippen LogP) is 3.92. The van der Waals surface area contributed by atoms with Crippen molar-refractivity contribution in [2.45, 2.75) is 26.2 Å². The van der Waals surface area contributed by atoms with Crippen molar-refractivity contribution in [1.82, 2.24) is 0 Å². The molecule has 1 aliphatic rings. The third kappa shape index (κ3) is 1.99. The van der Waals surface area contributed by atoms with Crippen molar-refractivity contribution in [1.29, 1.82) is 0 Å². The molecule has 0 aliphatic carbocycles. The molecular formula is C13H14BrNO2S. The Balaban J connectivity index is 2.14. The number of aryl methyl sites for hydroxylation is 1. The Bertz CT molecular complexity index is 640. The van der Waals surface area contributed by atoms with E-state index >= 15 is 0 Å². The molecule has 3 nitrogen and oxygen atoms in total. The first kappa shape index (κ1) is 12.2. The second-order valence-electron chi connectivity index (χ2n) is 4.63. The van der Waals surface area contributed by atoms with Crippen LogP contribution in [0.2, 0.25) is 0 Å². The highest BCUT2D eigenvalue weighted by molar-refractivity contribution is 9.11. The Labute approximate surface area is 118 Å². The van der Waals surface area contributed by atoms with E-state index in [-0.39, 0.29) is 5.43 Å². The lowest BCUT2D eigenvalue weighted by molar-refractivity contribution is 0.512. The van der Waals surface area contributed by atoms with Gasteiger partial charge in [0.25, 0.3) is 0 Å². The second kappa shape index (κ2) is 4.70. The van der Waals surface area contributed by atoms with Gasteiger partial charge in [-0.25, -0.2) is 0 Å². The van der Waals surface area contributed by atoms with E-state index in [2.05, 4.69) is 20.8 Å². The van der Waals surface area contributed by atoms with E-state index < -0.39 is 0 Å². The first-order chi connectivity index (χ1) is 8.66. The van der Waals surface area contributed by atoms with Gasteiger partial charge in [-0.2, -0.15) is 0 Å². The van der Waals surface area contributed by atoms with Crippen LogP contribution in [-0.2, 0) is 0 Å². The number of anilines is 1. The Hall–Kier alpha value is -0.810. The van der Waals surface area contributed by atoms with Gasteiger partial charge in [0.1, 0.15) is 3.79 Å². The normalized spacial score (nSPS) is 16.4. The van der Waals surface area contributed by atoms with Crippen molar-refractivity contribution in [3.63, 3.8) is 0 Å². The van der Waals surface area contributed by atoms with Gasteiger partial charge in [-0.3, -0.25) is 4.79 Å². The maximum absolute atomic E-state index is 12.2. The van der Waals surface area contributed by atoms with Crippen LogP contribution in [-0.4, -0.2) is 13.1 Å². The summed E-state index contributed by atoms with van der Waals surface area (Å²) in [7, 11) is 0. The van der Waals surface area contributed by atoms with Crippen LogP contribution in [0.1, 0.15) is 24.1 Å². The molecule has 0 aromatic carbocycles. The molecule has 0 N–H and O–H groups in total. The summed E-state index contributed by atoms with van der Waals surface area (Å²) in [6.07, 6.45) is 3.61. The molecule has 3 rings (SSSR count). The fraction of sp³-hybridized carbons (Fsp3) is 0.462. The highest BCUT2D eigenvalue weighted by Crippen LogP contribution is 2.35. The third-order valence-corrected chi connectivity index (χ3v) is 5.10. The monoisotopic (exact) mass is 327 g/mol. The first-order valence-corrected chi connectivity index (χ1v) is 7.75. The van der Waals surface area contributed by atoms with Crippen LogP contribution in [0.25, 0.3) is 11.0 Å². The number of thiophene rings is 1. The Morgan fingerprint density at radius 3 is 2.78 bits per heavy atom. The Morgan fingerprint density at radius 1 is 1.33 bits per heavy atom. The molecule has 0 spiro atoms. The molecule has 0 atom stereocenters. The van der Waals surface area contributed by atoms with Gasteiger partial charge in [-0.1, -0.05) is 0 Å². The lowest BCUT2D eigenvalue weighted by Crippen LogP contribution is -2.30. The minimum atomic E-state index is 0.0660. The van der Waals surface area contributed by atoms with Crippen LogP contribution >= 0.6 is 27.3 Å². The molecule has 0 bridgehead atoms.